The predicted molar refractivity (Wildman–Crippen MR) is 104 cm³/mol. The molecule has 0 aromatic rings. The van der Waals surface area contributed by atoms with Crippen LogP contribution < -0.4 is 10.6 Å². The Bertz CT molecular complexity index is 631. The molecule has 164 valence electrons. The van der Waals surface area contributed by atoms with Crippen molar-refractivity contribution in [2.45, 2.75) is 57.1 Å². The largest absolute Gasteiger partial charge is 0.511 e. The highest BCUT2D eigenvalue weighted by molar-refractivity contribution is 7.90. The number of hydrogen-bond acceptors (Lipinski definition) is 4. The van der Waals surface area contributed by atoms with Crippen molar-refractivity contribution in [1.29, 1.82) is 0 Å². The van der Waals surface area contributed by atoms with E-state index < -0.39 is 15.5 Å². The second kappa shape index (κ2) is 9.62. The van der Waals surface area contributed by atoms with Gasteiger partial charge in [0.1, 0.15) is 0 Å². The number of guanidine groups is 1. The van der Waals surface area contributed by atoms with Crippen LogP contribution in [0, 0.1) is 5.92 Å². The summed E-state index contributed by atoms with van der Waals surface area (Å²) in [6, 6.07) is 0.419. The molecule has 2 aliphatic rings. The first-order valence-corrected chi connectivity index (χ1v) is 11.3. The molecule has 2 heterocycles. The Hall–Kier alpha value is -1.07. The molecule has 0 bridgehead atoms. The topological polar surface area (TPSA) is 77.0 Å². The highest BCUT2D eigenvalue weighted by Crippen LogP contribution is 2.29. The number of piperidine rings is 2. The standard InChI is InChI=1S/C17H32F3N5O2S/c1-13(2)24-8-4-5-14(12-24)11-22-16(21-3)23-15-6-9-25(10-7-15)28(26,27)17(18,19)20/h13-15H,4-12H2,1-3H3,(H2,21,22,23). The fourth-order valence-electron chi connectivity index (χ4n) is 3.75. The van der Waals surface area contributed by atoms with Gasteiger partial charge in [-0.15, -0.1) is 0 Å². The van der Waals surface area contributed by atoms with Gasteiger partial charge in [0.25, 0.3) is 0 Å². The SMILES string of the molecule is CN=C(NCC1CCCN(C(C)C)C1)NC1CCN(S(=O)(=O)C(F)(F)F)CC1. The molecule has 0 amide bonds. The molecule has 2 saturated heterocycles. The minimum atomic E-state index is -5.24. The van der Waals surface area contributed by atoms with Gasteiger partial charge in [-0.3, -0.25) is 4.99 Å². The number of likely N-dealkylation sites (tertiary alicyclic amines) is 1. The van der Waals surface area contributed by atoms with Crippen LogP contribution in [0.2, 0.25) is 0 Å². The highest BCUT2D eigenvalue weighted by Gasteiger charge is 2.50. The van der Waals surface area contributed by atoms with E-state index in [1.165, 1.54) is 6.42 Å². The molecule has 0 radical (unpaired) electrons. The first-order valence-electron chi connectivity index (χ1n) is 9.82. The van der Waals surface area contributed by atoms with Crippen molar-refractivity contribution < 1.29 is 21.6 Å². The van der Waals surface area contributed by atoms with Crippen molar-refractivity contribution in [3.63, 3.8) is 0 Å². The summed E-state index contributed by atoms with van der Waals surface area (Å²) >= 11 is 0. The molecule has 1 unspecified atom stereocenters. The Labute approximate surface area is 165 Å². The number of nitrogens with zero attached hydrogens (tertiary/aromatic N) is 3. The van der Waals surface area contributed by atoms with Crippen molar-refractivity contribution in [2.75, 3.05) is 39.8 Å². The van der Waals surface area contributed by atoms with Gasteiger partial charge in [0.2, 0.25) is 0 Å². The van der Waals surface area contributed by atoms with Gasteiger partial charge in [0, 0.05) is 45.3 Å². The lowest BCUT2D eigenvalue weighted by Crippen LogP contribution is -2.52. The fourth-order valence-corrected chi connectivity index (χ4v) is 4.73. The number of hydrogen-bond donors (Lipinski definition) is 2. The average Bonchev–Trinajstić information content (AvgIpc) is 2.64. The van der Waals surface area contributed by atoms with Gasteiger partial charge in [0.15, 0.2) is 5.96 Å². The lowest BCUT2D eigenvalue weighted by Gasteiger charge is -2.36. The van der Waals surface area contributed by atoms with Crippen molar-refractivity contribution in [3.8, 4) is 0 Å². The van der Waals surface area contributed by atoms with Gasteiger partial charge in [-0.05, 0) is 52.0 Å². The van der Waals surface area contributed by atoms with Gasteiger partial charge < -0.3 is 15.5 Å². The van der Waals surface area contributed by atoms with E-state index in [2.05, 4.69) is 34.4 Å². The summed E-state index contributed by atoms with van der Waals surface area (Å²) in [7, 11) is -3.59. The zero-order valence-corrected chi connectivity index (χ0v) is 17.6. The number of rotatable bonds is 5. The zero-order valence-electron chi connectivity index (χ0n) is 16.8. The molecular weight excluding hydrogens is 395 g/mol. The quantitative estimate of drug-likeness (QED) is 0.515. The minimum absolute atomic E-state index is 0.107. The van der Waals surface area contributed by atoms with Crippen molar-refractivity contribution in [1.82, 2.24) is 19.8 Å². The first kappa shape index (κ1) is 23.2. The Morgan fingerprint density at radius 1 is 1.18 bits per heavy atom. The third kappa shape index (κ3) is 5.96. The summed E-state index contributed by atoms with van der Waals surface area (Å²) in [6.45, 7) is 7.04. The Balaban J connectivity index is 1.79. The van der Waals surface area contributed by atoms with E-state index in [1.54, 1.807) is 7.05 Å². The van der Waals surface area contributed by atoms with E-state index in [1.807, 2.05) is 0 Å². The molecule has 0 aromatic heterocycles. The normalized spacial score (nSPS) is 24.5. The van der Waals surface area contributed by atoms with Crippen LogP contribution in [0.15, 0.2) is 4.99 Å². The van der Waals surface area contributed by atoms with E-state index in [-0.39, 0.29) is 19.1 Å². The summed E-state index contributed by atoms with van der Waals surface area (Å²) in [5.41, 5.74) is -5.24. The summed E-state index contributed by atoms with van der Waals surface area (Å²) < 4.78 is 61.5. The van der Waals surface area contributed by atoms with E-state index in [9.17, 15) is 21.6 Å². The monoisotopic (exact) mass is 427 g/mol. The molecule has 0 spiro atoms. The summed E-state index contributed by atoms with van der Waals surface area (Å²) in [4.78, 5) is 6.66. The number of halogens is 3. The minimum Gasteiger partial charge on any atom is -0.356 e. The lowest BCUT2D eigenvalue weighted by molar-refractivity contribution is -0.0494. The number of alkyl halides is 3. The second-order valence-electron chi connectivity index (χ2n) is 7.82. The molecule has 0 saturated carbocycles. The maximum atomic E-state index is 12.7. The highest BCUT2D eigenvalue weighted by atomic mass is 32.2. The number of aliphatic imine (C=N–C) groups is 1. The lowest BCUT2D eigenvalue weighted by atomic mass is 9.97. The molecule has 2 rings (SSSR count). The van der Waals surface area contributed by atoms with Crippen LogP contribution in [0.4, 0.5) is 13.2 Å². The Morgan fingerprint density at radius 3 is 2.36 bits per heavy atom. The first-order chi connectivity index (χ1) is 13.0. The molecule has 0 aliphatic carbocycles. The van der Waals surface area contributed by atoms with E-state index in [0.29, 0.717) is 35.1 Å². The van der Waals surface area contributed by atoms with Gasteiger partial charge in [0.05, 0.1) is 0 Å². The number of nitrogens with one attached hydrogen (secondary N) is 2. The van der Waals surface area contributed by atoms with Crippen LogP contribution >= 0.6 is 0 Å². The molecule has 0 aromatic carbocycles. The molecular formula is C17H32F3N5O2S. The Morgan fingerprint density at radius 2 is 1.82 bits per heavy atom. The molecule has 2 aliphatic heterocycles. The smallest absolute Gasteiger partial charge is 0.356 e. The third-order valence-electron chi connectivity index (χ3n) is 5.49. The number of sulfonamides is 1. The molecule has 7 nitrogen and oxygen atoms in total. The van der Waals surface area contributed by atoms with Crippen LogP contribution in [0.3, 0.4) is 0 Å². The van der Waals surface area contributed by atoms with Gasteiger partial charge in [-0.2, -0.15) is 17.5 Å². The van der Waals surface area contributed by atoms with E-state index in [4.69, 9.17) is 0 Å². The van der Waals surface area contributed by atoms with Gasteiger partial charge >= 0.3 is 15.5 Å². The summed E-state index contributed by atoms with van der Waals surface area (Å²) in [5, 5.41) is 6.52. The molecule has 11 heteroatoms. The van der Waals surface area contributed by atoms with Gasteiger partial charge in [-0.1, -0.05) is 0 Å². The summed E-state index contributed by atoms with van der Waals surface area (Å²) in [5.74, 6) is 1.13. The fraction of sp³-hybridized carbons (Fsp3) is 0.941. The average molecular weight is 428 g/mol. The van der Waals surface area contributed by atoms with E-state index in [0.717, 1.165) is 26.1 Å². The zero-order chi connectivity index (χ0) is 20.9. The maximum Gasteiger partial charge on any atom is 0.511 e. The third-order valence-corrected chi connectivity index (χ3v) is 7.12. The predicted octanol–water partition coefficient (Wildman–Crippen LogP) is 1.59. The molecule has 1 atom stereocenters. The van der Waals surface area contributed by atoms with Gasteiger partial charge in [-0.25, -0.2) is 8.42 Å². The molecule has 28 heavy (non-hydrogen) atoms. The maximum absolute atomic E-state index is 12.7. The van der Waals surface area contributed by atoms with Crippen molar-refractivity contribution >= 4 is 16.0 Å². The van der Waals surface area contributed by atoms with Crippen molar-refractivity contribution in [3.05, 3.63) is 0 Å². The summed E-state index contributed by atoms with van der Waals surface area (Å²) in [6.07, 6.45) is 2.94. The second-order valence-corrected chi connectivity index (χ2v) is 9.75. The van der Waals surface area contributed by atoms with Crippen LogP contribution in [-0.2, 0) is 10.0 Å². The van der Waals surface area contributed by atoms with Crippen LogP contribution in [-0.4, -0.2) is 80.9 Å². The van der Waals surface area contributed by atoms with E-state index >= 15 is 0 Å². The Kier molecular flexibility index (Phi) is 7.97. The van der Waals surface area contributed by atoms with Crippen LogP contribution in [0.5, 0.6) is 0 Å². The molecule has 2 fully saturated rings. The van der Waals surface area contributed by atoms with Crippen LogP contribution in [0.1, 0.15) is 39.5 Å². The van der Waals surface area contributed by atoms with Crippen molar-refractivity contribution in [2.24, 2.45) is 10.9 Å². The molecule has 2 N–H and O–H groups in total. The van der Waals surface area contributed by atoms with Crippen LogP contribution in [0.25, 0.3) is 0 Å².